The number of imidazole rings is 1. The molecule has 2 rings (SSSR count). The molecule has 2 heterocycles. The third kappa shape index (κ3) is 3.21. The van der Waals surface area contributed by atoms with Crippen molar-refractivity contribution in [1.29, 1.82) is 0 Å². The first-order chi connectivity index (χ1) is 9.83. The Morgan fingerprint density at radius 3 is 2.67 bits per heavy atom. The predicted molar refractivity (Wildman–Crippen MR) is 80.9 cm³/mol. The van der Waals surface area contributed by atoms with Crippen LogP contribution in [0.1, 0.15) is 26.7 Å². The number of fused-ring (bicyclic) bond motifs is 1. The van der Waals surface area contributed by atoms with Crippen molar-refractivity contribution in [3.8, 4) is 0 Å². The number of halogens is 1. The molecule has 0 radical (unpaired) electrons. The van der Waals surface area contributed by atoms with Crippen LogP contribution in [0.4, 0.5) is 0 Å². The van der Waals surface area contributed by atoms with E-state index in [1.54, 1.807) is 38.2 Å². The molecule has 2 N–H and O–H groups in total. The van der Waals surface area contributed by atoms with Gasteiger partial charge in [0.05, 0.1) is 5.60 Å². The number of hydrogen-bond donors (Lipinski definition) is 2. The number of sulfonamides is 1. The van der Waals surface area contributed by atoms with Crippen LogP contribution in [-0.4, -0.2) is 35.1 Å². The zero-order valence-corrected chi connectivity index (χ0v) is 13.4. The maximum absolute atomic E-state index is 12.4. The molecule has 116 valence electrons. The van der Waals surface area contributed by atoms with Gasteiger partial charge in [-0.3, -0.25) is 4.40 Å². The van der Waals surface area contributed by atoms with Crippen LogP contribution in [0.15, 0.2) is 29.4 Å². The van der Waals surface area contributed by atoms with Crippen LogP contribution in [0.5, 0.6) is 0 Å². The van der Waals surface area contributed by atoms with Crippen LogP contribution in [0.3, 0.4) is 0 Å². The SMILES string of the molecule is CCC(O)(CC)CNS(=O)(=O)c1c(Cl)nc2ccccn12. The number of pyridine rings is 1. The van der Waals surface area contributed by atoms with Crippen molar-refractivity contribution in [2.45, 2.75) is 37.3 Å². The van der Waals surface area contributed by atoms with Gasteiger partial charge in [0.15, 0.2) is 10.2 Å². The standard InChI is InChI=1S/C13H18ClN3O3S/c1-3-13(18,4-2)9-15-21(19,20)12-11(14)16-10-7-5-6-8-17(10)12/h5-8,15,18H,3-4,9H2,1-2H3. The average molecular weight is 332 g/mol. The Hall–Kier alpha value is -1.15. The Bertz CT molecular complexity index is 738. The summed E-state index contributed by atoms with van der Waals surface area (Å²) in [5.74, 6) is 0. The Morgan fingerprint density at radius 1 is 1.38 bits per heavy atom. The molecular weight excluding hydrogens is 314 g/mol. The Balaban J connectivity index is 2.37. The summed E-state index contributed by atoms with van der Waals surface area (Å²) < 4.78 is 28.7. The quantitative estimate of drug-likeness (QED) is 0.845. The molecule has 2 aromatic rings. The predicted octanol–water partition coefficient (Wildman–Crippen LogP) is 1.82. The molecule has 21 heavy (non-hydrogen) atoms. The maximum Gasteiger partial charge on any atom is 0.259 e. The van der Waals surface area contributed by atoms with Crippen LogP contribution in [0, 0.1) is 0 Å². The fourth-order valence-corrected chi connectivity index (χ4v) is 3.74. The van der Waals surface area contributed by atoms with Gasteiger partial charge in [-0.1, -0.05) is 31.5 Å². The number of nitrogens with one attached hydrogen (secondary N) is 1. The molecule has 0 saturated heterocycles. The average Bonchev–Trinajstić information content (AvgIpc) is 2.81. The molecule has 0 aliphatic carbocycles. The molecule has 0 amide bonds. The number of aliphatic hydroxyl groups is 1. The van der Waals surface area contributed by atoms with E-state index in [1.807, 2.05) is 0 Å². The van der Waals surface area contributed by atoms with Crippen molar-refractivity contribution in [1.82, 2.24) is 14.1 Å². The summed E-state index contributed by atoms with van der Waals surface area (Å²) in [4.78, 5) is 4.01. The fourth-order valence-electron chi connectivity index (χ4n) is 1.98. The van der Waals surface area contributed by atoms with Crippen molar-refractivity contribution in [2.24, 2.45) is 0 Å². The highest BCUT2D eigenvalue weighted by Gasteiger charge is 2.29. The molecular formula is C13H18ClN3O3S. The highest BCUT2D eigenvalue weighted by Crippen LogP contribution is 2.23. The second-order valence-electron chi connectivity index (χ2n) is 4.89. The van der Waals surface area contributed by atoms with Gasteiger partial charge in [-0.15, -0.1) is 0 Å². The van der Waals surface area contributed by atoms with Crippen LogP contribution >= 0.6 is 11.6 Å². The summed E-state index contributed by atoms with van der Waals surface area (Å²) >= 11 is 5.96. The first-order valence-electron chi connectivity index (χ1n) is 6.67. The van der Waals surface area contributed by atoms with E-state index in [0.29, 0.717) is 18.5 Å². The molecule has 2 aromatic heterocycles. The van der Waals surface area contributed by atoms with E-state index in [9.17, 15) is 13.5 Å². The summed E-state index contributed by atoms with van der Waals surface area (Å²) in [5, 5.41) is 9.98. The molecule has 0 fully saturated rings. The van der Waals surface area contributed by atoms with Gasteiger partial charge in [0.1, 0.15) is 5.65 Å². The molecule has 0 aliphatic heterocycles. The first kappa shape index (κ1) is 16.2. The zero-order valence-electron chi connectivity index (χ0n) is 11.9. The topological polar surface area (TPSA) is 83.7 Å². The van der Waals surface area contributed by atoms with E-state index >= 15 is 0 Å². The number of hydrogen-bond acceptors (Lipinski definition) is 4. The van der Waals surface area contributed by atoms with Gasteiger partial charge in [0, 0.05) is 12.7 Å². The van der Waals surface area contributed by atoms with Crippen molar-refractivity contribution in [3.05, 3.63) is 29.5 Å². The van der Waals surface area contributed by atoms with Crippen LogP contribution < -0.4 is 4.72 Å². The van der Waals surface area contributed by atoms with Gasteiger partial charge >= 0.3 is 0 Å². The van der Waals surface area contributed by atoms with Gasteiger partial charge in [0.2, 0.25) is 0 Å². The van der Waals surface area contributed by atoms with E-state index in [4.69, 9.17) is 11.6 Å². The minimum Gasteiger partial charge on any atom is -0.389 e. The summed E-state index contributed by atoms with van der Waals surface area (Å²) in [6.45, 7) is 3.54. The smallest absolute Gasteiger partial charge is 0.259 e. The lowest BCUT2D eigenvalue weighted by Crippen LogP contribution is -2.42. The van der Waals surface area contributed by atoms with Gasteiger partial charge < -0.3 is 5.11 Å². The molecule has 6 nitrogen and oxygen atoms in total. The van der Waals surface area contributed by atoms with Crippen LogP contribution in [0.25, 0.3) is 5.65 Å². The van der Waals surface area contributed by atoms with E-state index < -0.39 is 15.6 Å². The van der Waals surface area contributed by atoms with Gasteiger partial charge in [-0.25, -0.2) is 18.1 Å². The third-order valence-electron chi connectivity index (χ3n) is 3.61. The largest absolute Gasteiger partial charge is 0.389 e. The minimum absolute atomic E-state index is 0.0707. The second-order valence-corrected chi connectivity index (χ2v) is 6.93. The van der Waals surface area contributed by atoms with E-state index in [1.165, 1.54) is 4.40 Å². The Kier molecular flexibility index (Phi) is 4.57. The maximum atomic E-state index is 12.4. The first-order valence-corrected chi connectivity index (χ1v) is 8.54. The summed E-state index contributed by atoms with van der Waals surface area (Å²) in [7, 11) is -3.87. The van der Waals surface area contributed by atoms with Gasteiger partial charge in [-0.2, -0.15) is 0 Å². The molecule has 8 heteroatoms. The van der Waals surface area contributed by atoms with Crippen LogP contribution in [-0.2, 0) is 10.0 Å². The summed E-state index contributed by atoms with van der Waals surface area (Å²) in [6, 6.07) is 5.10. The van der Waals surface area contributed by atoms with Crippen molar-refractivity contribution in [2.75, 3.05) is 6.54 Å². The Morgan fingerprint density at radius 2 is 2.05 bits per heavy atom. The lowest BCUT2D eigenvalue weighted by atomic mass is 9.98. The Labute approximate surface area is 128 Å². The molecule has 0 bridgehead atoms. The molecule has 0 saturated carbocycles. The van der Waals surface area contributed by atoms with E-state index in [0.717, 1.165) is 0 Å². The minimum atomic E-state index is -3.87. The lowest BCUT2D eigenvalue weighted by molar-refractivity contribution is 0.0377. The van der Waals surface area contributed by atoms with Gasteiger partial charge in [-0.05, 0) is 25.0 Å². The number of rotatable bonds is 6. The monoisotopic (exact) mass is 331 g/mol. The lowest BCUT2D eigenvalue weighted by Gasteiger charge is -2.25. The molecule has 0 aliphatic rings. The van der Waals surface area contributed by atoms with Crippen LogP contribution in [0.2, 0.25) is 5.15 Å². The van der Waals surface area contributed by atoms with E-state index in [2.05, 4.69) is 9.71 Å². The number of aromatic nitrogens is 2. The normalized spacial score (nSPS) is 13.0. The fraction of sp³-hybridized carbons (Fsp3) is 0.462. The number of nitrogens with zero attached hydrogens (tertiary/aromatic N) is 2. The molecule has 0 unspecified atom stereocenters. The second kappa shape index (κ2) is 5.92. The summed E-state index contributed by atoms with van der Waals surface area (Å²) in [5.41, 5.74) is -0.621. The molecule has 0 atom stereocenters. The third-order valence-corrected chi connectivity index (χ3v) is 5.41. The van der Waals surface area contributed by atoms with Crippen molar-refractivity contribution >= 4 is 27.3 Å². The summed E-state index contributed by atoms with van der Waals surface area (Å²) in [6.07, 6.45) is 2.48. The van der Waals surface area contributed by atoms with Crippen molar-refractivity contribution in [3.63, 3.8) is 0 Å². The van der Waals surface area contributed by atoms with Gasteiger partial charge in [0.25, 0.3) is 10.0 Å². The van der Waals surface area contributed by atoms with Crippen molar-refractivity contribution < 1.29 is 13.5 Å². The highest BCUT2D eigenvalue weighted by atomic mass is 35.5. The van der Waals surface area contributed by atoms with E-state index in [-0.39, 0.29) is 16.7 Å². The molecule has 0 aromatic carbocycles. The zero-order chi connectivity index (χ0) is 15.7. The highest BCUT2D eigenvalue weighted by molar-refractivity contribution is 7.89. The molecule has 0 spiro atoms.